The lowest BCUT2D eigenvalue weighted by Crippen LogP contribution is -2.17. The van der Waals surface area contributed by atoms with E-state index in [9.17, 15) is 18.9 Å². The molecule has 13 heavy (non-hydrogen) atoms. The molecule has 0 aliphatic rings. The van der Waals surface area contributed by atoms with Gasteiger partial charge in [0.2, 0.25) is 0 Å². The van der Waals surface area contributed by atoms with Crippen molar-refractivity contribution in [2.24, 2.45) is 5.73 Å². The van der Waals surface area contributed by atoms with Crippen molar-refractivity contribution in [2.45, 2.75) is 12.5 Å². The van der Waals surface area contributed by atoms with Crippen LogP contribution in [0, 0.1) is 10.1 Å². The molecule has 1 aromatic heterocycles. The third-order valence-corrected chi connectivity index (χ3v) is 1.39. The van der Waals surface area contributed by atoms with Gasteiger partial charge in [-0.05, 0) is 6.07 Å². The van der Waals surface area contributed by atoms with Crippen molar-refractivity contribution in [1.82, 2.24) is 0 Å². The average molecular weight is 192 g/mol. The molecule has 0 unspecified atom stereocenters. The van der Waals surface area contributed by atoms with E-state index in [-0.39, 0.29) is 5.76 Å². The van der Waals surface area contributed by atoms with Gasteiger partial charge in [-0.15, -0.1) is 0 Å². The maximum Gasteiger partial charge on any atom is 0.433 e. The third kappa shape index (κ3) is 2.00. The highest BCUT2D eigenvalue weighted by atomic mass is 19.3. The van der Waals surface area contributed by atoms with Gasteiger partial charge >= 0.3 is 5.88 Å². The zero-order valence-corrected chi connectivity index (χ0v) is 6.31. The summed E-state index contributed by atoms with van der Waals surface area (Å²) in [6.07, 6.45) is -2.80. The predicted molar refractivity (Wildman–Crippen MR) is 38.3 cm³/mol. The summed E-state index contributed by atoms with van der Waals surface area (Å²) >= 11 is 0. The first-order chi connectivity index (χ1) is 6.02. The van der Waals surface area contributed by atoms with E-state index in [1.807, 2.05) is 0 Å². The molecular formula is C6H6F2N2O3. The van der Waals surface area contributed by atoms with E-state index in [0.717, 1.165) is 12.1 Å². The number of nitro groups is 1. The molecule has 0 radical (unpaired) electrons. The summed E-state index contributed by atoms with van der Waals surface area (Å²) in [7, 11) is 0. The van der Waals surface area contributed by atoms with Gasteiger partial charge in [0.15, 0.2) is 0 Å². The highest BCUT2D eigenvalue weighted by molar-refractivity contribution is 5.19. The smallest absolute Gasteiger partial charge is 0.404 e. The van der Waals surface area contributed by atoms with Crippen LogP contribution < -0.4 is 5.73 Å². The first kappa shape index (κ1) is 9.59. The molecule has 0 saturated heterocycles. The van der Waals surface area contributed by atoms with Gasteiger partial charge in [0, 0.05) is 0 Å². The molecule has 0 saturated carbocycles. The average Bonchev–Trinajstić information content (AvgIpc) is 2.50. The lowest BCUT2D eigenvalue weighted by Gasteiger charge is -2.04. The van der Waals surface area contributed by atoms with Crippen LogP contribution in [0.4, 0.5) is 14.7 Å². The van der Waals surface area contributed by atoms with E-state index in [0.29, 0.717) is 0 Å². The Morgan fingerprint density at radius 1 is 1.54 bits per heavy atom. The number of nitrogens with two attached hydrogens (primary N) is 1. The maximum atomic E-state index is 12.0. The Morgan fingerprint density at radius 2 is 2.15 bits per heavy atom. The Balaban J connectivity index is 2.85. The normalized spacial score (nSPS) is 13.2. The van der Waals surface area contributed by atoms with Crippen molar-refractivity contribution in [3.8, 4) is 0 Å². The van der Waals surface area contributed by atoms with Gasteiger partial charge in [-0.1, -0.05) is 0 Å². The molecule has 5 nitrogen and oxygen atoms in total. The van der Waals surface area contributed by atoms with Crippen LogP contribution in [0.5, 0.6) is 0 Å². The van der Waals surface area contributed by atoms with Crippen LogP contribution in [0.2, 0.25) is 0 Å². The van der Waals surface area contributed by atoms with Crippen LogP contribution in [0.1, 0.15) is 11.8 Å². The zero-order chi connectivity index (χ0) is 10.0. The third-order valence-electron chi connectivity index (χ3n) is 1.39. The van der Waals surface area contributed by atoms with Crippen LogP contribution in [0.25, 0.3) is 0 Å². The summed E-state index contributed by atoms with van der Waals surface area (Å²) in [6, 6.07) is 0.431. The molecule has 0 aliphatic carbocycles. The van der Waals surface area contributed by atoms with Crippen molar-refractivity contribution >= 4 is 5.88 Å². The Kier molecular flexibility index (Phi) is 2.57. The molecule has 1 aromatic rings. The number of hydrogen-bond acceptors (Lipinski definition) is 4. The summed E-state index contributed by atoms with van der Waals surface area (Å²) in [4.78, 5) is 9.27. The first-order valence-electron chi connectivity index (χ1n) is 3.30. The number of alkyl halides is 2. The van der Waals surface area contributed by atoms with Crippen LogP contribution in [-0.2, 0) is 0 Å². The fourth-order valence-corrected chi connectivity index (χ4v) is 0.744. The minimum atomic E-state index is -2.80. The molecule has 1 heterocycles. The molecule has 0 aromatic carbocycles. The summed E-state index contributed by atoms with van der Waals surface area (Å²) in [5.74, 6) is -0.882. The van der Waals surface area contributed by atoms with Crippen molar-refractivity contribution < 1.29 is 18.1 Å². The van der Waals surface area contributed by atoms with Crippen LogP contribution in [0.15, 0.2) is 16.5 Å². The topological polar surface area (TPSA) is 82.3 Å². The standard InChI is InChI=1S/C6H6F2N2O3/c7-6(8)5(9)3-1-2-4(13-3)10(11)12/h1-2,5-6H,9H2/t5-/m0/s1. The number of halogens is 2. The van der Waals surface area contributed by atoms with Gasteiger partial charge < -0.3 is 10.2 Å². The van der Waals surface area contributed by atoms with Gasteiger partial charge in [0.1, 0.15) is 16.7 Å². The van der Waals surface area contributed by atoms with Crippen molar-refractivity contribution in [1.29, 1.82) is 0 Å². The minimum absolute atomic E-state index is 0.290. The monoisotopic (exact) mass is 192 g/mol. The van der Waals surface area contributed by atoms with Crippen LogP contribution in [-0.4, -0.2) is 11.3 Å². The van der Waals surface area contributed by atoms with Gasteiger partial charge in [-0.25, -0.2) is 8.78 Å². The van der Waals surface area contributed by atoms with Gasteiger partial charge in [-0.3, -0.25) is 10.1 Å². The number of nitrogens with zero attached hydrogens (tertiary/aromatic N) is 1. The second-order valence-corrected chi connectivity index (χ2v) is 2.29. The SMILES string of the molecule is N[C@@H](c1ccc([N+](=O)[O-])o1)C(F)F. The zero-order valence-electron chi connectivity index (χ0n) is 6.31. The molecule has 0 amide bonds. The van der Waals surface area contributed by atoms with E-state index in [2.05, 4.69) is 4.42 Å². The molecule has 72 valence electrons. The minimum Gasteiger partial charge on any atom is -0.404 e. The van der Waals surface area contributed by atoms with E-state index >= 15 is 0 Å². The molecule has 0 fully saturated rings. The Bertz CT molecular complexity index is 313. The fourth-order valence-electron chi connectivity index (χ4n) is 0.744. The van der Waals surface area contributed by atoms with E-state index in [1.54, 1.807) is 0 Å². The highest BCUT2D eigenvalue weighted by Crippen LogP contribution is 2.23. The maximum absolute atomic E-state index is 12.0. The summed E-state index contributed by atoms with van der Waals surface area (Å²) in [6.45, 7) is 0. The second kappa shape index (κ2) is 3.48. The first-order valence-corrected chi connectivity index (χ1v) is 3.30. The molecule has 7 heteroatoms. The Hall–Kier alpha value is -1.50. The Morgan fingerprint density at radius 3 is 2.54 bits per heavy atom. The van der Waals surface area contributed by atoms with Crippen molar-refractivity contribution in [3.05, 3.63) is 28.0 Å². The number of furan rings is 1. The van der Waals surface area contributed by atoms with Crippen molar-refractivity contribution in [3.63, 3.8) is 0 Å². The molecule has 1 atom stereocenters. The summed E-state index contributed by atoms with van der Waals surface area (Å²) < 4.78 is 28.4. The Labute approximate surface area is 71.3 Å². The molecular weight excluding hydrogens is 186 g/mol. The van der Waals surface area contributed by atoms with E-state index in [1.165, 1.54) is 0 Å². The predicted octanol–water partition coefficient (Wildman–Crippen LogP) is 1.45. The number of hydrogen-bond donors (Lipinski definition) is 1. The quantitative estimate of drug-likeness (QED) is 0.580. The van der Waals surface area contributed by atoms with Crippen LogP contribution in [0.3, 0.4) is 0 Å². The molecule has 2 N–H and O–H groups in total. The largest absolute Gasteiger partial charge is 0.433 e. The van der Waals surface area contributed by atoms with E-state index < -0.39 is 23.3 Å². The van der Waals surface area contributed by atoms with Gasteiger partial charge in [-0.2, -0.15) is 0 Å². The second-order valence-electron chi connectivity index (χ2n) is 2.29. The molecule has 0 bridgehead atoms. The lowest BCUT2D eigenvalue weighted by atomic mass is 10.2. The summed E-state index contributed by atoms with van der Waals surface area (Å²) in [5, 5.41) is 10.1. The fraction of sp³-hybridized carbons (Fsp3) is 0.333. The van der Waals surface area contributed by atoms with Crippen LogP contribution >= 0.6 is 0 Å². The van der Waals surface area contributed by atoms with E-state index in [4.69, 9.17) is 5.73 Å². The highest BCUT2D eigenvalue weighted by Gasteiger charge is 2.23. The summed E-state index contributed by atoms with van der Waals surface area (Å²) in [5.41, 5.74) is 4.98. The van der Waals surface area contributed by atoms with Gasteiger partial charge in [0.05, 0.1) is 6.07 Å². The number of rotatable bonds is 3. The molecule has 0 spiro atoms. The van der Waals surface area contributed by atoms with Gasteiger partial charge in [0.25, 0.3) is 6.43 Å². The lowest BCUT2D eigenvalue weighted by molar-refractivity contribution is -0.402. The molecule has 0 aliphatic heterocycles. The molecule has 1 rings (SSSR count). The van der Waals surface area contributed by atoms with Crippen molar-refractivity contribution in [2.75, 3.05) is 0 Å².